The van der Waals surface area contributed by atoms with Crippen LogP contribution in [0.2, 0.25) is 0 Å². The summed E-state index contributed by atoms with van der Waals surface area (Å²) in [6, 6.07) is 9.07. The number of benzene rings is 1. The Hall–Kier alpha value is -0.725. The molecule has 0 saturated heterocycles. The van der Waals surface area contributed by atoms with Crippen LogP contribution in [0.1, 0.15) is 5.56 Å². The molecule has 0 radical (unpaired) electrons. The minimum atomic E-state index is -2.26. The third-order valence-corrected chi connectivity index (χ3v) is 2.41. The van der Waals surface area contributed by atoms with Crippen molar-refractivity contribution in [3.63, 3.8) is 0 Å². The first-order chi connectivity index (χ1) is 7.09. The first kappa shape index (κ1) is 12.3. The van der Waals surface area contributed by atoms with Crippen LogP contribution in [-0.2, 0) is 17.7 Å². The maximum Gasteiger partial charge on any atom is 0.471 e. The third-order valence-electron chi connectivity index (χ3n) is 1.91. The van der Waals surface area contributed by atoms with Gasteiger partial charge < -0.3 is 10.0 Å². The van der Waals surface area contributed by atoms with E-state index in [4.69, 9.17) is 14.6 Å². The molecule has 82 valence electrons. The fraction of sp³-hybridized carbons (Fsp3) is 0.250. The van der Waals surface area contributed by atoms with Crippen molar-refractivity contribution in [2.75, 3.05) is 0 Å². The minimum absolute atomic E-state index is 0.269. The number of rotatable bonds is 5. The number of hydrogen-bond donors (Lipinski definition) is 4. The van der Waals surface area contributed by atoms with Crippen molar-refractivity contribution < 1.29 is 18.8 Å². The Kier molecular flexibility index (Phi) is 4.93. The van der Waals surface area contributed by atoms with Crippen LogP contribution in [0.25, 0.3) is 0 Å². The van der Waals surface area contributed by atoms with Gasteiger partial charge in [0.25, 0.3) is 0 Å². The Balaban J connectivity index is 2.63. The topological polar surface area (TPSA) is 89.8 Å². The van der Waals surface area contributed by atoms with Gasteiger partial charge in [0, 0.05) is 0 Å². The summed E-state index contributed by atoms with van der Waals surface area (Å²) in [6.07, 6.45) is 0.269. The van der Waals surface area contributed by atoms with E-state index >= 15 is 0 Å². The van der Waals surface area contributed by atoms with E-state index in [1.807, 2.05) is 18.2 Å². The van der Waals surface area contributed by atoms with Gasteiger partial charge in [-0.15, -0.1) is 0 Å². The normalized spacial score (nSPS) is 14.6. The maximum absolute atomic E-state index is 10.5. The largest absolute Gasteiger partial charge is 0.471 e. The molecule has 1 rings (SSSR count). The van der Waals surface area contributed by atoms with Crippen LogP contribution in [0, 0.1) is 0 Å². The monoisotopic (exact) mass is 229 g/mol. The molecule has 2 atom stereocenters. The van der Waals surface area contributed by atoms with Crippen LogP contribution in [-0.4, -0.2) is 31.9 Å². The minimum Gasteiger partial charge on any atom is -0.426 e. The molecule has 0 spiro atoms. The van der Waals surface area contributed by atoms with Crippen LogP contribution >= 0.6 is 0 Å². The van der Waals surface area contributed by atoms with Crippen LogP contribution in [0.15, 0.2) is 30.3 Å². The quantitative estimate of drug-likeness (QED) is 0.398. The first-order valence-electron chi connectivity index (χ1n) is 4.36. The molecule has 0 aromatic heterocycles. The average Bonchev–Trinajstić information content (AvgIpc) is 2.17. The van der Waals surface area contributed by atoms with Gasteiger partial charge in [-0.3, -0.25) is 4.55 Å². The predicted molar refractivity (Wildman–Crippen MR) is 58.0 cm³/mol. The number of nitrogens with one attached hydrogen (secondary N) is 1. The van der Waals surface area contributed by atoms with Crippen molar-refractivity contribution in [3.05, 3.63) is 35.9 Å². The molecule has 15 heavy (non-hydrogen) atoms. The molecular weight excluding hydrogens is 217 g/mol. The van der Waals surface area contributed by atoms with Gasteiger partial charge in [0.15, 0.2) is 0 Å². The van der Waals surface area contributed by atoms with Crippen molar-refractivity contribution in [2.24, 2.45) is 0 Å². The summed E-state index contributed by atoms with van der Waals surface area (Å²) in [5.74, 6) is -0.863. The Morgan fingerprint density at radius 3 is 2.40 bits per heavy atom. The second kappa shape index (κ2) is 5.99. The van der Waals surface area contributed by atoms with E-state index in [9.17, 15) is 4.21 Å². The Bertz CT molecular complexity index is 322. The lowest BCUT2D eigenvalue weighted by molar-refractivity contribution is 0.378. The van der Waals surface area contributed by atoms with Gasteiger partial charge in [-0.1, -0.05) is 30.3 Å². The molecule has 1 aromatic carbocycles. The zero-order chi connectivity index (χ0) is 11.3. The highest BCUT2D eigenvalue weighted by molar-refractivity contribution is 7.77. The summed E-state index contributed by atoms with van der Waals surface area (Å²) in [4.78, 5) is 0. The highest BCUT2D eigenvalue weighted by Crippen LogP contribution is 2.04. The average molecular weight is 229 g/mol. The van der Waals surface area contributed by atoms with Crippen LogP contribution in [0.4, 0.5) is 0 Å². The molecule has 0 amide bonds. The molecular formula is C8H12BNO4S. The molecule has 0 aliphatic heterocycles. The molecule has 5 nitrogen and oxygen atoms in total. The van der Waals surface area contributed by atoms with Crippen molar-refractivity contribution in [1.29, 1.82) is 0 Å². The highest BCUT2D eigenvalue weighted by atomic mass is 32.2. The molecule has 0 fully saturated rings. The van der Waals surface area contributed by atoms with E-state index in [-0.39, 0.29) is 6.42 Å². The molecule has 0 aliphatic rings. The van der Waals surface area contributed by atoms with Crippen molar-refractivity contribution >= 4 is 18.4 Å². The Morgan fingerprint density at radius 1 is 1.33 bits per heavy atom. The molecule has 0 saturated carbocycles. The molecule has 1 aromatic rings. The second-order valence-corrected chi connectivity index (χ2v) is 3.81. The van der Waals surface area contributed by atoms with E-state index < -0.39 is 24.3 Å². The van der Waals surface area contributed by atoms with Crippen molar-refractivity contribution in [2.45, 2.75) is 12.4 Å². The fourth-order valence-electron chi connectivity index (χ4n) is 1.21. The van der Waals surface area contributed by atoms with Gasteiger partial charge in [-0.05, 0) is 12.0 Å². The van der Waals surface area contributed by atoms with E-state index in [1.54, 1.807) is 12.1 Å². The lowest BCUT2D eigenvalue weighted by atomic mass is 9.77. The molecule has 2 unspecified atom stereocenters. The summed E-state index contributed by atoms with van der Waals surface area (Å²) in [6.45, 7) is 0. The summed E-state index contributed by atoms with van der Waals surface area (Å²) in [5, 5.41) is 17.9. The lowest BCUT2D eigenvalue weighted by Gasteiger charge is -2.14. The Labute approximate surface area is 90.7 Å². The van der Waals surface area contributed by atoms with Gasteiger partial charge in [-0.2, -0.15) is 0 Å². The SMILES string of the molecule is O=S(O)NC(Cc1ccccc1)B(O)O. The van der Waals surface area contributed by atoms with Gasteiger partial charge >= 0.3 is 7.12 Å². The van der Waals surface area contributed by atoms with E-state index in [2.05, 4.69) is 4.72 Å². The van der Waals surface area contributed by atoms with Crippen molar-refractivity contribution in [3.8, 4) is 0 Å². The fourth-order valence-corrected chi connectivity index (χ4v) is 1.67. The zero-order valence-electron chi connectivity index (χ0n) is 7.91. The molecule has 0 bridgehead atoms. The Morgan fingerprint density at radius 2 is 1.93 bits per heavy atom. The van der Waals surface area contributed by atoms with E-state index in [0.717, 1.165) is 5.56 Å². The maximum atomic E-state index is 10.5. The molecule has 0 aliphatic carbocycles. The van der Waals surface area contributed by atoms with Crippen LogP contribution in [0.3, 0.4) is 0 Å². The third kappa shape index (κ3) is 4.54. The highest BCUT2D eigenvalue weighted by Gasteiger charge is 2.24. The smallest absolute Gasteiger partial charge is 0.426 e. The van der Waals surface area contributed by atoms with Gasteiger partial charge in [0.2, 0.25) is 11.3 Å². The van der Waals surface area contributed by atoms with Crippen LogP contribution < -0.4 is 4.72 Å². The zero-order valence-corrected chi connectivity index (χ0v) is 8.72. The van der Waals surface area contributed by atoms with Gasteiger partial charge in [0.1, 0.15) is 0 Å². The predicted octanol–water partition coefficient (Wildman–Crippen LogP) is -0.664. The summed E-state index contributed by atoms with van der Waals surface area (Å²) < 4.78 is 21.2. The first-order valence-corrected chi connectivity index (χ1v) is 5.47. The van der Waals surface area contributed by atoms with E-state index in [1.165, 1.54) is 0 Å². The van der Waals surface area contributed by atoms with Gasteiger partial charge in [0.05, 0.1) is 5.94 Å². The van der Waals surface area contributed by atoms with Crippen molar-refractivity contribution in [1.82, 2.24) is 4.72 Å². The van der Waals surface area contributed by atoms with E-state index in [0.29, 0.717) is 0 Å². The summed E-state index contributed by atoms with van der Waals surface area (Å²) in [5.41, 5.74) is 0.855. The van der Waals surface area contributed by atoms with Gasteiger partial charge in [-0.25, -0.2) is 8.93 Å². The standard InChI is InChI=1S/C8H12BNO4S/c11-9(12)8(10-15(13)14)6-7-4-2-1-3-5-7/h1-5,8,10-12H,6H2,(H,13,14). The van der Waals surface area contributed by atoms with Crippen LogP contribution in [0.5, 0.6) is 0 Å². The summed E-state index contributed by atoms with van der Waals surface area (Å²) >= 11 is -2.26. The number of hydrogen-bond acceptors (Lipinski definition) is 3. The lowest BCUT2D eigenvalue weighted by Crippen LogP contribution is -2.45. The molecule has 0 heterocycles. The molecule has 4 N–H and O–H groups in total. The summed E-state index contributed by atoms with van der Waals surface area (Å²) in [7, 11) is -1.68. The molecule has 7 heteroatoms. The second-order valence-electron chi connectivity index (χ2n) is 3.08.